The molecule has 1 fully saturated rings. The van der Waals surface area contributed by atoms with Gasteiger partial charge in [0.2, 0.25) is 5.91 Å². The number of halogens is 1. The van der Waals surface area contributed by atoms with E-state index in [9.17, 15) is 9.18 Å². The zero-order valence-corrected chi connectivity index (χ0v) is 15.7. The van der Waals surface area contributed by atoms with Crippen molar-refractivity contribution in [3.05, 3.63) is 30.1 Å². The van der Waals surface area contributed by atoms with Crippen molar-refractivity contribution in [1.29, 1.82) is 0 Å². The number of piperidine rings is 1. The van der Waals surface area contributed by atoms with E-state index in [0.29, 0.717) is 11.6 Å². The number of carbonyl (C=O) groups is 1. The second kappa shape index (κ2) is 10.8. The predicted octanol–water partition coefficient (Wildman–Crippen LogP) is 2.05. The summed E-state index contributed by atoms with van der Waals surface area (Å²) in [5, 5.41) is 8.83. The summed E-state index contributed by atoms with van der Waals surface area (Å²) in [6.45, 7) is 6.65. The quantitative estimate of drug-likeness (QED) is 0.394. The van der Waals surface area contributed by atoms with Gasteiger partial charge in [0.25, 0.3) is 0 Å². The maximum atomic E-state index is 13.1. The highest BCUT2D eigenvalue weighted by Crippen LogP contribution is 2.15. The summed E-state index contributed by atoms with van der Waals surface area (Å²) >= 11 is 0. The molecule has 0 radical (unpaired) electrons. The van der Waals surface area contributed by atoms with Crippen molar-refractivity contribution in [2.24, 2.45) is 10.9 Å². The molecule has 2 rings (SSSR count). The van der Waals surface area contributed by atoms with E-state index in [2.05, 4.69) is 32.8 Å². The molecule has 1 aliphatic heterocycles. The van der Waals surface area contributed by atoms with E-state index in [1.165, 1.54) is 38.1 Å². The number of nitrogens with one attached hydrogen (secondary N) is 3. The molecule has 0 bridgehead atoms. The summed E-state index contributed by atoms with van der Waals surface area (Å²) in [5.74, 6) is 0.815. The molecule has 1 aromatic carbocycles. The van der Waals surface area contributed by atoms with Crippen molar-refractivity contribution in [3.63, 3.8) is 0 Å². The normalized spacial score (nSPS) is 16.3. The lowest BCUT2D eigenvalue weighted by Crippen LogP contribution is -2.42. The van der Waals surface area contributed by atoms with Crippen molar-refractivity contribution in [3.8, 4) is 0 Å². The Bertz CT molecular complexity index is 599. The second-order valence-electron chi connectivity index (χ2n) is 6.79. The molecule has 1 aromatic rings. The Kier molecular flexibility index (Phi) is 8.34. The number of aliphatic imine (C=N–C) groups is 1. The number of amides is 1. The Labute approximate surface area is 155 Å². The molecule has 1 aliphatic rings. The molecule has 144 valence electrons. The van der Waals surface area contributed by atoms with Gasteiger partial charge in [-0.1, -0.05) is 13.0 Å². The largest absolute Gasteiger partial charge is 0.356 e. The SMILES string of the molecule is CN=C(NCCCN1CCC(C)CC1)NCC(=O)Nc1cccc(F)c1. The third kappa shape index (κ3) is 7.39. The van der Waals surface area contributed by atoms with Crippen LogP contribution in [0.5, 0.6) is 0 Å². The van der Waals surface area contributed by atoms with Crippen LogP contribution in [0.1, 0.15) is 26.2 Å². The zero-order chi connectivity index (χ0) is 18.8. The standard InChI is InChI=1S/C19H30FN5O/c1-15-7-11-25(12-8-15)10-4-9-22-19(21-2)23-14-18(26)24-17-6-3-5-16(20)13-17/h3,5-6,13,15H,4,7-12,14H2,1-2H3,(H,24,26)(H2,21,22,23). The van der Waals surface area contributed by atoms with Gasteiger partial charge in [0.15, 0.2) is 5.96 Å². The van der Waals surface area contributed by atoms with Gasteiger partial charge < -0.3 is 20.9 Å². The summed E-state index contributed by atoms with van der Waals surface area (Å²) in [4.78, 5) is 18.5. The molecule has 7 heteroatoms. The van der Waals surface area contributed by atoms with Crippen LogP contribution in [-0.4, -0.2) is 56.5 Å². The molecule has 26 heavy (non-hydrogen) atoms. The second-order valence-corrected chi connectivity index (χ2v) is 6.79. The van der Waals surface area contributed by atoms with Crippen molar-refractivity contribution in [1.82, 2.24) is 15.5 Å². The number of nitrogens with zero attached hydrogens (tertiary/aromatic N) is 2. The van der Waals surface area contributed by atoms with Gasteiger partial charge in [0, 0.05) is 19.3 Å². The topological polar surface area (TPSA) is 68.8 Å². The Morgan fingerprint density at radius 2 is 2.08 bits per heavy atom. The molecular formula is C19H30FN5O. The number of carbonyl (C=O) groups excluding carboxylic acids is 1. The molecule has 3 N–H and O–H groups in total. The molecular weight excluding hydrogens is 333 g/mol. The highest BCUT2D eigenvalue weighted by molar-refractivity contribution is 5.94. The van der Waals surface area contributed by atoms with Crippen LogP contribution in [0.2, 0.25) is 0 Å². The highest BCUT2D eigenvalue weighted by Gasteiger charge is 2.14. The van der Waals surface area contributed by atoms with E-state index in [-0.39, 0.29) is 18.3 Å². The van der Waals surface area contributed by atoms with Crippen molar-refractivity contribution < 1.29 is 9.18 Å². The maximum absolute atomic E-state index is 13.1. The fourth-order valence-corrected chi connectivity index (χ4v) is 2.95. The van der Waals surface area contributed by atoms with Crippen molar-refractivity contribution in [2.45, 2.75) is 26.2 Å². The Morgan fingerprint density at radius 3 is 2.77 bits per heavy atom. The monoisotopic (exact) mass is 363 g/mol. The van der Waals surface area contributed by atoms with E-state index in [0.717, 1.165) is 25.4 Å². The summed E-state index contributed by atoms with van der Waals surface area (Å²) < 4.78 is 13.1. The molecule has 0 aliphatic carbocycles. The van der Waals surface area contributed by atoms with Gasteiger partial charge in [-0.25, -0.2) is 4.39 Å². The van der Waals surface area contributed by atoms with Gasteiger partial charge in [0.1, 0.15) is 5.82 Å². The average molecular weight is 363 g/mol. The van der Waals surface area contributed by atoms with Gasteiger partial charge in [-0.15, -0.1) is 0 Å². The molecule has 0 aromatic heterocycles. The number of anilines is 1. The average Bonchev–Trinajstić information content (AvgIpc) is 2.62. The third-order valence-corrected chi connectivity index (χ3v) is 4.57. The van der Waals surface area contributed by atoms with Crippen LogP contribution in [0.15, 0.2) is 29.3 Å². The van der Waals surface area contributed by atoms with Crippen LogP contribution in [0.25, 0.3) is 0 Å². The van der Waals surface area contributed by atoms with E-state index in [4.69, 9.17) is 0 Å². The number of hydrogen-bond acceptors (Lipinski definition) is 3. The van der Waals surface area contributed by atoms with Gasteiger partial charge >= 0.3 is 0 Å². The Balaban J connectivity index is 1.60. The lowest BCUT2D eigenvalue weighted by atomic mass is 9.99. The third-order valence-electron chi connectivity index (χ3n) is 4.57. The smallest absolute Gasteiger partial charge is 0.243 e. The number of likely N-dealkylation sites (tertiary alicyclic amines) is 1. The fraction of sp³-hybridized carbons (Fsp3) is 0.579. The first-order valence-electron chi connectivity index (χ1n) is 9.29. The summed E-state index contributed by atoms with van der Waals surface area (Å²) in [6, 6.07) is 5.83. The van der Waals surface area contributed by atoms with Gasteiger partial charge in [-0.2, -0.15) is 0 Å². The lowest BCUT2D eigenvalue weighted by molar-refractivity contribution is -0.115. The van der Waals surface area contributed by atoms with Crippen LogP contribution in [0, 0.1) is 11.7 Å². The fourth-order valence-electron chi connectivity index (χ4n) is 2.95. The minimum absolute atomic E-state index is 0.0696. The van der Waals surface area contributed by atoms with E-state index < -0.39 is 0 Å². The molecule has 0 unspecified atom stereocenters. The van der Waals surface area contributed by atoms with E-state index >= 15 is 0 Å². The molecule has 1 amide bonds. The molecule has 0 saturated carbocycles. The number of hydrogen-bond donors (Lipinski definition) is 3. The molecule has 6 nitrogen and oxygen atoms in total. The van der Waals surface area contributed by atoms with E-state index in [1.54, 1.807) is 19.2 Å². The molecule has 0 atom stereocenters. The number of guanidine groups is 1. The highest BCUT2D eigenvalue weighted by atomic mass is 19.1. The van der Waals surface area contributed by atoms with Crippen molar-refractivity contribution >= 4 is 17.6 Å². The first-order chi connectivity index (χ1) is 12.6. The lowest BCUT2D eigenvalue weighted by Gasteiger charge is -2.30. The maximum Gasteiger partial charge on any atom is 0.243 e. The number of rotatable bonds is 7. The number of benzene rings is 1. The summed E-state index contributed by atoms with van der Waals surface area (Å²) in [5.41, 5.74) is 0.440. The van der Waals surface area contributed by atoms with Crippen molar-refractivity contribution in [2.75, 3.05) is 45.1 Å². The molecule has 1 heterocycles. The van der Waals surface area contributed by atoms with Crippen LogP contribution in [-0.2, 0) is 4.79 Å². The molecule has 1 saturated heterocycles. The van der Waals surface area contributed by atoms with Crippen LogP contribution >= 0.6 is 0 Å². The van der Waals surface area contributed by atoms with Crippen LogP contribution < -0.4 is 16.0 Å². The Morgan fingerprint density at radius 1 is 1.31 bits per heavy atom. The van der Waals surface area contributed by atoms with Crippen LogP contribution in [0.3, 0.4) is 0 Å². The molecule has 0 spiro atoms. The first-order valence-corrected chi connectivity index (χ1v) is 9.29. The van der Waals surface area contributed by atoms with Gasteiger partial charge in [-0.05, 0) is 63.0 Å². The minimum atomic E-state index is -0.378. The first kappa shape index (κ1) is 20.2. The predicted molar refractivity (Wildman–Crippen MR) is 104 cm³/mol. The summed E-state index contributed by atoms with van der Waals surface area (Å²) in [7, 11) is 1.67. The minimum Gasteiger partial charge on any atom is -0.356 e. The van der Waals surface area contributed by atoms with Crippen LogP contribution in [0.4, 0.5) is 10.1 Å². The Hall–Kier alpha value is -2.15. The zero-order valence-electron chi connectivity index (χ0n) is 15.7. The summed E-state index contributed by atoms with van der Waals surface area (Å²) in [6.07, 6.45) is 3.61. The van der Waals surface area contributed by atoms with E-state index in [1.807, 2.05) is 0 Å². The van der Waals surface area contributed by atoms with Gasteiger partial charge in [-0.3, -0.25) is 9.79 Å². The van der Waals surface area contributed by atoms with Gasteiger partial charge in [0.05, 0.1) is 6.54 Å².